The first-order valence-electron chi connectivity index (χ1n) is 6.23. The van der Waals surface area contributed by atoms with Crippen molar-refractivity contribution in [3.05, 3.63) is 71.6 Å². The lowest BCUT2D eigenvalue weighted by atomic mass is 9.96. The molecule has 0 unspecified atom stereocenters. The fourth-order valence-electron chi connectivity index (χ4n) is 1.96. The summed E-state index contributed by atoms with van der Waals surface area (Å²) < 4.78 is 18.5. The smallest absolute Gasteiger partial charge is 0.153 e. The van der Waals surface area contributed by atoms with E-state index in [-0.39, 0.29) is 11.6 Å². The molecule has 0 radical (unpaired) electrons. The zero-order valence-corrected chi connectivity index (χ0v) is 11.4. The highest BCUT2D eigenvalue weighted by molar-refractivity contribution is 5.99. The molecule has 2 nitrogen and oxygen atoms in total. The molecule has 0 spiro atoms. The first-order valence-corrected chi connectivity index (χ1v) is 6.23. The number of rotatable bonds is 4. The van der Waals surface area contributed by atoms with Crippen molar-refractivity contribution in [2.24, 2.45) is 0 Å². The lowest BCUT2D eigenvalue weighted by Crippen LogP contribution is -1.93. The van der Waals surface area contributed by atoms with E-state index in [1.807, 2.05) is 24.3 Å². The van der Waals surface area contributed by atoms with E-state index < -0.39 is 0 Å². The lowest BCUT2D eigenvalue weighted by Gasteiger charge is -2.09. The number of carbonyl (C=O) groups is 1. The van der Waals surface area contributed by atoms with E-state index in [9.17, 15) is 9.18 Å². The Morgan fingerprint density at radius 2 is 1.80 bits per heavy atom. The summed E-state index contributed by atoms with van der Waals surface area (Å²) in [7, 11) is 1.59. The van der Waals surface area contributed by atoms with E-state index in [1.165, 1.54) is 25.1 Å². The second kappa shape index (κ2) is 6.15. The highest BCUT2D eigenvalue weighted by atomic mass is 19.1. The number of allylic oxidation sites excluding steroid dienone is 1. The van der Waals surface area contributed by atoms with Crippen LogP contribution in [0.3, 0.4) is 0 Å². The SMILES string of the molecule is COc1ccc(/C(=C/C(C)=O)c2cccc(F)c2)cc1. The molecule has 0 aliphatic rings. The average Bonchev–Trinajstić information content (AvgIpc) is 2.45. The van der Waals surface area contributed by atoms with Crippen molar-refractivity contribution < 1.29 is 13.9 Å². The predicted octanol–water partition coefficient (Wildman–Crippen LogP) is 3.86. The minimum atomic E-state index is -0.328. The quantitative estimate of drug-likeness (QED) is 0.789. The molecule has 0 aromatic heterocycles. The Bertz CT molecular complexity index is 642. The maximum absolute atomic E-state index is 13.4. The molecular weight excluding hydrogens is 255 g/mol. The van der Waals surface area contributed by atoms with Crippen LogP contribution in [0, 0.1) is 5.82 Å². The molecule has 0 bridgehead atoms. The van der Waals surface area contributed by atoms with Crippen LogP contribution >= 0.6 is 0 Å². The van der Waals surface area contributed by atoms with Crippen LogP contribution in [0.4, 0.5) is 4.39 Å². The molecule has 0 aliphatic heterocycles. The van der Waals surface area contributed by atoms with E-state index >= 15 is 0 Å². The Morgan fingerprint density at radius 3 is 2.35 bits per heavy atom. The van der Waals surface area contributed by atoms with E-state index in [0.29, 0.717) is 11.1 Å². The van der Waals surface area contributed by atoms with Crippen molar-refractivity contribution in [1.82, 2.24) is 0 Å². The second-order valence-electron chi connectivity index (χ2n) is 4.41. The van der Waals surface area contributed by atoms with Gasteiger partial charge in [0, 0.05) is 0 Å². The number of methoxy groups -OCH3 is 1. The summed E-state index contributed by atoms with van der Waals surface area (Å²) in [5, 5.41) is 0. The van der Waals surface area contributed by atoms with Crippen LogP contribution in [0.2, 0.25) is 0 Å². The maximum atomic E-state index is 13.4. The summed E-state index contributed by atoms with van der Waals surface area (Å²) in [6.45, 7) is 1.48. The summed E-state index contributed by atoms with van der Waals surface area (Å²) in [5.74, 6) is 0.320. The van der Waals surface area contributed by atoms with Crippen LogP contribution in [-0.4, -0.2) is 12.9 Å². The van der Waals surface area contributed by atoms with Crippen molar-refractivity contribution in [2.75, 3.05) is 7.11 Å². The third-order valence-corrected chi connectivity index (χ3v) is 2.88. The largest absolute Gasteiger partial charge is 0.497 e. The zero-order chi connectivity index (χ0) is 14.5. The molecule has 3 heteroatoms. The van der Waals surface area contributed by atoms with Gasteiger partial charge in [0.2, 0.25) is 0 Å². The average molecular weight is 270 g/mol. The summed E-state index contributed by atoms with van der Waals surface area (Å²) >= 11 is 0. The van der Waals surface area contributed by atoms with Gasteiger partial charge in [-0.15, -0.1) is 0 Å². The number of halogens is 1. The monoisotopic (exact) mass is 270 g/mol. The van der Waals surface area contributed by atoms with Gasteiger partial charge in [-0.3, -0.25) is 4.79 Å². The predicted molar refractivity (Wildman–Crippen MR) is 77.2 cm³/mol. The van der Waals surface area contributed by atoms with Crippen LogP contribution in [0.25, 0.3) is 5.57 Å². The minimum Gasteiger partial charge on any atom is -0.497 e. The molecular formula is C17H15FO2. The highest BCUT2D eigenvalue weighted by Gasteiger charge is 2.07. The number of ether oxygens (including phenoxy) is 1. The molecule has 0 N–H and O–H groups in total. The number of hydrogen-bond acceptors (Lipinski definition) is 2. The molecule has 0 atom stereocenters. The molecule has 20 heavy (non-hydrogen) atoms. The van der Waals surface area contributed by atoms with Gasteiger partial charge in [0.25, 0.3) is 0 Å². The van der Waals surface area contributed by atoms with Crippen molar-refractivity contribution >= 4 is 11.4 Å². The highest BCUT2D eigenvalue weighted by Crippen LogP contribution is 2.25. The van der Waals surface area contributed by atoms with Crippen molar-refractivity contribution in [3.8, 4) is 5.75 Å². The summed E-state index contributed by atoms with van der Waals surface area (Å²) in [6.07, 6.45) is 1.51. The molecule has 0 heterocycles. The van der Waals surface area contributed by atoms with Gasteiger partial charge in [0.05, 0.1) is 7.11 Å². The molecule has 102 valence electrons. The van der Waals surface area contributed by atoms with Crippen molar-refractivity contribution in [1.29, 1.82) is 0 Å². The van der Waals surface area contributed by atoms with Crippen LogP contribution in [0.1, 0.15) is 18.1 Å². The first kappa shape index (κ1) is 14.0. The number of ketones is 1. The second-order valence-corrected chi connectivity index (χ2v) is 4.41. The topological polar surface area (TPSA) is 26.3 Å². The summed E-state index contributed by atoms with van der Waals surface area (Å²) in [5.41, 5.74) is 2.21. The van der Waals surface area contributed by atoms with Crippen LogP contribution < -0.4 is 4.74 Å². The van der Waals surface area contributed by atoms with E-state index in [1.54, 1.807) is 19.2 Å². The number of hydrogen-bond donors (Lipinski definition) is 0. The molecule has 2 aromatic carbocycles. The Labute approximate surface area is 117 Å². The Kier molecular flexibility index (Phi) is 4.31. The van der Waals surface area contributed by atoms with Gasteiger partial charge in [0.15, 0.2) is 5.78 Å². The molecule has 0 amide bonds. The van der Waals surface area contributed by atoms with Crippen LogP contribution in [0.5, 0.6) is 5.75 Å². The number of carbonyl (C=O) groups excluding carboxylic acids is 1. The van der Waals surface area contributed by atoms with E-state index in [0.717, 1.165) is 11.3 Å². The van der Waals surface area contributed by atoms with Gasteiger partial charge in [-0.1, -0.05) is 24.3 Å². The molecule has 0 saturated heterocycles. The third kappa shape index (κ3) is 3.32. The zero-order valence-electron chi connectivity index (χ0n) is 11.4. The fraction of sp³-hybridized carbons (Fsp3) is 0.118. The molecule has 2 aromatic rings. The molecule has 2 rings (SSSR count). The van der Waals surface area contributed by atoms with E-state index in [2.05, 4.69) is 0 Å². The Hall–Kier alpha value is -2.42. The lowest BCUT2D eigenvalue weighted by molar-refractivity contribution is -0.112. The van der Waals surface area contributed by atoms with Gasteiger partial charge in [-0.2, -0.15) is 0 Å². The standard InChI is InChI=1S/C17H15FO2/c1-12(19)10-17(14-4-3-5-15(18)11-14)13-6-8-16(20-2)9-7-13/h3-11H,1-2H3/b17-10-. The van der Waals surface area contributed by atoms with Gasteiger partial charge >= 0.3 is 0 Å². The van der Waals surface area contributed by atoms with E-state index in [4.69, 9.17) is 4.74 Å². The molecule has 0 aliphatic carbocycles. The van der Waals surface area contributed by atoms with Crippen LogP contribution in [-0.2, 0) is 4.79 Å². The number of benzene rings is 2. The molecule has 0 saturated carbocycles. The van der Waals surface area contributed by atoms with Crippen molar-refractivity contribution in [3.63, 3.8) is 0 Å². The van der Waals surface area contributed by atoms with Gasteiger partial charge in [-0.05, 0) is 54.0 Å². The van der Waals surface area contributed by atoms with Gasteiger partial charge in [-0.25, -0.2) is 4.39 Å². The van der Waals surface area contributed by atoms with Gasteiger partial charge in [0.1, 0.15) is 11.6 Å². The first-order chi connectivity index (χ1) is 9.60. The summed E-state index contributed by atoms with van der Waals surface area (Å²) in [6, 6.07) is 13.5. The fourth-order valence-corrected chi connectivity index (χ4v) is 1.96. The normalized spacial score (nSPS) is 11.2. The third-order valence-electron chi connectivity index (χ3n) is 2.88. The minimum absolute atomic E-state index is 0.0833. The van der Waals surface area contributed by atoms with Crippen molar-refractivity contribution in [2.45, 2.75) is 6.92 Å². The Morgan fingerprint density at radius 1 is 1.10 bits per heavy atom. The summed E-state index contributed by atoms with van der Waals surface area (Å²) in [4.78, 5) is 11.4. The Balaban J connectivity index is 2.50. The molecule has 0 fully saturated rings. The van der Waals surface area contributed by atoms with Gasteiger partial charge < -0.3 is 4.74 Å². The van der Waals surface area contributed by atoms with Crippen LogP contribution in [0.15, 0.2) is 54.6 Å². The maximum Gasteiger partial charge on any atom is 0.153 e.